The van der Waals surface area contributed by atoms with E-state index in [1.54, 1.807) is 42.6 Å². The Morgan fingerprint density at radius 2 is 2.00 bits per heavy atom. The predicted octanol–water partition coefficient (Wildman–Crippen LogP) is 3.43. The van der Waals surface area contributed by atoms with Crippen molar-refractivity contribution in [2.24, 2.45) is 0 Å². The van der Waals surface area contributed by atoms with Gasteiger partial charge in [-0.05, 0) is 48.6 Å². The molecule has 1 fully saturated rings. The quantitative estimate of drug-likeness (QED) is 0.579. The average molecular weight is 414 g/mol. The van der Waals surface area contributed by atoms with E-state index in [2.05, 4.69) is 25.4 Å². The first-order valence-corrected chi connectivity index (χ1v) is 10.8. The van der Waals surface area contributed by atoms with Crippen molar-refractivity contribution in [3.05, 3.63) is 47.3 Å². The van der Waals surface area contributed by atoms with E-state index >= 15 is 0 Å². The van der Waals surface area contributed by atoms with Crippen LogP contribution in [0.5, 0.6) is 0 Å². The highest BCUT2D eigenvalue weighted by Gasteiger charge is 2.30. The normalized spacial score (nSPS) is 13.3. The van der Waals surface area contributed by atoms with Gasteiger partial charge in [-0.1, -0.05) is 17.8 Å². The van der Waals surface area contributed by atoms with Crippen LogP contribution in [0.25, 0.3) is 10.7 Å². The summed E-state index contributed by atoms with van der Waals surface area (Å²) in [5.74, 6) is 0.840. The van der Waals surface area contributed by atoms with Gasteiger partial charge < -0.3 is 10.6 Å². The lowest BCUT2D eigenvalue weighted by molar-refractivity contribution is -0.113. The SMILES string of the molecule is CNC(=O)c1ccc(NC(=O)CSc2nnc(-c3cccs3)n2C2CC2)cc1. The Labute approximate surface area is 170 Å². The number of hydrogen-bond donors (Lipinski definition) is 2. The second-order valence-electron chi connectivity index (χ2n) is 6.38. The minimum atomic E-state index is -0.158. The lowest BCUT2D eigenvalue weighted by atomic mass is 10.2. The molecule has 1 aliphatic carbocycles. The third kappa shape index (κ3) is 4.10. The summed E-state index contributed by atoms with van der Waals surface area (Å²) in [5, 5.41) is 16.9. The molecule has 7 nitrogen and oxygen atoms in total. The van der Waals surface area contributed by atoms with Crippen molar-refractivity contribution in [2.45, 2.75) is 24.0 Å². The van der Waals surface area contributed by atoms with Gasteiger partial charge in [0.25, 0.3) is 5.91 Å². The number of carbonyl (C=O) groups excluding carboxylic acids is 2. The monoisotopic (exact) mass is 413 g/mol. The number of aromatic nitrogens is 3. The molecule has 2 aromatic heterocycles. The molecular weight excluding hydrogens is 394 g/mol. The molecule has 0 unspecified atom stereocenters. The molecule has 0 bridgehead atoms. The summed E-state index contributed by atoms with van der Waals surface area (Å²) in [4.78, 5) is 25.0. The Morgan fingerprint density at radius 1 is 1.21 bits per heavy atom. The zero-order valence-electron chi connectivity index (χ0n) is 15.2. The van der Waals surface area contributed by atoms with E-state index < -0.39 is 0 Å². The minimum Gasteiger partial charge on any atom is -0.355 e. The number of nitrogens with one attached hydrogen (secondary N) is 2. The molecule has 144 valence electrons. The van der Waals surface area contributed by atoms with Crippen molar-refractivity contribution in [3.8, 4) is 10.7 Å². The van der Waals surface area contributed by atoms with E-state index in [0.717, 1.165) is 28.7 Å². The topological polar surface area (TPSA) is 88.9 Å². The summed E-state index contributed by atoms with van der Waals surface area (Å²) in [6.07, 6.45) is 2.24. The largest absolute Gasteiger partial charge is 0.355 e. The van der Waals surface area contributed by atoms with Crippen molar-refractivity contribution in [1.29, 1.82) is 0 Å². The van der Waals surface area contributed by atoms with Gasteiger partial charge in [-0.3, -0.25) is 14.2 Å². The third-order valence-electron chi connectivity index (χ3n) is 4.31. The molecule has 1 aromatic carbocycles. The van der Waals surface area contributed by atoms with Gasteiger partial charge in [-0.25, -0.2) is 0 Å². The number of rotatable bonds is 7. The van der Waals surface area contributed by atoms with Crippen molar-refractivity contribution in [2.75, 3.05) is 18.1 Å². The number of nitrogens with zero attached hydrogens (tertiary/aromatic N) is 3. The van der Waals surface area contributed by atoms with Crippen molar-refractivity contribution < 1.29 is 9.59 Å². The standard InChI is InChI=1S/C19H19N5O2S2/c1-20-18(26)12-4-6-13(7-5-12)21-16(25)11-28-19-23-22-17(15-3-2-10-27-15)24(19)14-8-9-14/h2-7,10,14H,8-9,11H2,1H3,(H,20,26)(H,21,25). The van der Waals surface area contributed by atoms with Crippen LogP contribution in [0.2, 0.25) is 0 Å². The fourth-order valence-corrected chi connectivity index (χ4v) is 4.30. The highest BCUT2D eigenvalue weighted by Crippen LogP contribution is 2.41. The molecule has 9 heteroatoms. The first kappa shape index (κ1) is 18.7. The molecule has 1 saturated carbocycles. The highest BCUT2D eigenvalue weighted by molar-refractivity contribution is 7.99. The summed E-state index contributed by atoms with van der Waals surface area (Å²) in [6, 6.07) is 11.3. The van der Waals surface area contributed by atoms with Gasteiger partial charge in [0.05, 0.1) is 10.6 Å². The Balaban J connectivity index is 1.39. The summed E-state index contributed by atoms with van der Waals surface area (Å²) >= 11 is 3.03. The average Bonchev–Trinajstić information content (AvgIpc) is 3.23. The lowest BCUT2D eigenvalue weighted by Crippen LogP contribution is -2.18. The molecule has 28 heavy (non-hydrogen) atoms. The maximum absolute atomic E-state index is 12.3. The van der Waals surface area contributed by atoms with E-state index in [1.165, 1.54) is 11.8 Å². The van der Waals surface area contributed by atoms with E-state index in [1.807, 2.05) is 17.5 Å². The second-order valence-corrected chi connectivity index (χ2v) is 8.27. The van der Waals surface area contributed by atoms with Crippen molar-refractivity contribution in [1.82, 2.24) is 20.1 Å². The number of thiophene rings is 1. The van der Waals surface area contributed by atoms with Crippen LogP contribution in [0.15, 0.2) is 46.9 Å². The van der Waals surface area contributed by atoms with Crippen LogP contribution in [-0.2, 0) is 4.79 Å². The van der Waals surface area contributed by atoms with Gasteiger partial charge in [0.1, 0.15) is 0 Å². The van der Waals surface area contributed by atoms with Gasteiger partial charge in [0.15, 0.2) is 11.0 Å². The third-order valence-corrected chi connectivity index (χ3v) is 6.12. The first-order chi connectivity index (χ1) is 13.7. The van der Waals surface area contributed by atoms with Gasteiger partial charge in [-0.15, -0.1) is 21.5 Å². The van der Waals surface area contributed by atoms with Crippen molar-refractivity contribution >= 4 is 40.6 Å². The van der Waals surface area contributed by atoms with Gasteiger partial charge in [0, 0.05) is 24.3 Å². The number of hydrogen-bond acceptors (Lipinski definition) is 6. The first-order valence-electron chi connectivity index (χ1n) is 8.89. The van der Waals surface area contributed by atoms with E-state index in [4.69, 9.17) is 0 Å². The summed E-state index contributed by atoms with van der Waals surface area (Å²) in [6.45, 7) is 0. The van der Waals surface area contributed by atoms with Crippen LogP contribution in [-0.4, -0.2) is 39.4 Å². The minimum absolute atomic E-state index is 0.124. The molecule has 3 aromatic rings. The summed E-state index contributed by atoms with van der Waals surface area (Å²) in [5.41, 5.74) is 1.20. The smallest absolute Gasteiger partial charge is 0.251 e. The maximum Gasteiger partial charge on any atom is 0.251 e. The number of carbonyl (C=O) groups is 2. The zero-order valence-corrected chi connectivity index (χ0v) is 16.8. The van der Waals surface area contributed by atoms with E-state index in [9.17, 15) is 9.59 Å². The van der Waals surface area contributed by atoms with Crippen LogP contribution >= 0.6 is 23.1 Å². The van der Waals surface area contributed by atoms with E-state index in [-0.39, 0.29) is 17.6 Å². The fraction of sp³-hybridized carbons (Fsp3) is 0.263. The van der Waals surface area contributed by atoms with Crippen LogP contribution in [0.4, 0.5) is 5.69 Å². The zero-order chi connectivity index (χ0) is 19.5. The molecule has 2 amide bonds. The van der Waals surface area contributed by atoms with Crippen LogP contribution in [0.1, 0.15) is 29.2 Å². The molecule has 0 radical (unpaired) electrons. The molecule has 4 rings (SSSR count). The van der Waals surface area contributed by atoms with E-state index in [0.29, 0.717) is 17.3 Å². The van der Waals surface area contributed by atoms with Gasteiger partial charge in [-0.2, -0.15) is 0 Å². The highest BCUT2D eigenvalue weighted by atomic mass is 32.2. The molecule has 0 aliphatic heterocycles. The summed E-state index contributed by atoms with van der Waals surface area (Å²) in [7, 11) is 1.58. The van der Waals surface area contributed by atoms with Gasteiger partial charge >= 0.3 is 0 Å². The fourth-order valence-electron chi connectivity index (χ4n) is 2.79. The molecule has 1 aliphatic rings. The lowest BCUT2D eigenvalue weighted by Gasteiger charge is -2.08. The number of amides is 2. The molecule has 0 atom stereocenters. The molecule has 0 spiro atoms. The second kappa shape index (κ2) is 8.15. The number of anilines is 1. The van der Waals surface area contributed by atoms with Crippen LogP contribution in [0, 0.1) is 0 Å². The Morgan fingerprint density at radius 3 is 2.64 bits per heavy atom. The van der Waals surface area contributed by atoms with Crippen LogP contribution < -0.4 is 10.6 Å². The molecular formula is C19H19N5O2S2. The predicted molar refractivity (Wildman–Crippen MR) is 111 cm³/mol. The molecule has 2 N–H and O–H groups in total. The summed E-state index contributed by atoms with van der Waals surface area (Å²) < 4.78 is 2.15. The van der Waals surface area contributed by atoms with Gasteiger partial charge in [0.2, 0.25) is 5.91 Å². The number of benzene rings is 1. The van der Waals surface area contributed by atoms with Crippen LogP contribution in [0.3, 0.4) is 0 Å². The Bertz CT molecular complexity index is 978. The molecule has 2 heterocycles. The Kier molecular flexibility index (Phi) is 5.45. The maximum atomic E-state index is 12.3. The Hall–Kier alpha value is -2.65. The van der Waals surface area contributed by atoms with Crippen molar-refractivity contribution in [3.63, 3.8) is 0 Å². The number of thioether (sulfide) groups is 1. The molecule has 0 saturated heterocycles.